The van der Waals surface area contributed by atoms with Crippen molar-refractivity contribution >= 4 is 27.0 Å². The number of hydrogen-bond donors (Lipinski definition) is 0. The van der Waals surface area contributed by atoms with Crippen molar-refractivity contribution in [3.63, 3.8) is 0 Å². The highest BCUT2D eigenvalue weighted by atomic mass is 79.9. The fraction of sp³-hybridized carbons (Fsp3) is 0.333. The lowest BCUT2D eigenvalue weighted by Crippen LogP contribution is -2.20. The lowest BCUT2D eigenvalue weighted by Gasteiger charge is -2.08. The first kappa shape index (κ1) is 11.3. The van der Waals surface area contributed by atoms with Crippen molar-refractivity contribution in [1.29, 1.82) is 0 Å². The van der Waals surface area contributed by atoms with Crippen molar-refractivity contribution in [3.8, 4) is 0 Å². The normalized spacial score (nSPS) is 10.8. The maximum atomic E-state index is 11.7. The molecule has 0 aliphatic heterocycles. The fourth-order valence-electron chi connectivity index (χ4n) is 1.71. The molecule has 0 aliphatic carbocycles. The molecule has 0 radical (unpaired) electrons. The van der Waals surface area contributed by atoms with E-state index >= 15 is 0 Å². The van der Waals surface area contributed by atoms with E-state index in [1.165, 1.54) is 6.20 Å². The van der Waals surface area contributed by atoms with Gasteiger partial charge in [0.05, 0.1) is 17.2 Å². The van der Waals surface area contributed by atoms with Crippen LogP contribution in [0.1, 0.15) is 12.8 Å². The zero-order valence-corrected chi connectivity index (χ0v) is 10.5. The third kappa shape index (κ3) is 2.32. The second-order valence-corrected chi connectivity index (χ2v) is 4.43. The maximum Gasteiger partial charge on any atom is 0.269 e. The van der Waals surface area contributed by atoms with Crippen LogP contribution in [0.5, 0.6) is 0 Å². The van der Waals surface area contributed by atoms with Crippen molar-refractivity contribution in [2.24, 2.45) is 0 Å². The molecule has 0 aliphatic rings. The SMILES string of the molecule is O=c1cnc2ccccc2n1CCCCBr. The second-order valence-electron chi connectivity index (χ2n) is 3.63. The van der Waals surface area contributed by atoms with Gasteiger partial charge in [-0.05, 0) is 25.0 Å². The quantitative estimate of drug-likeness (QED) is 0.637. The first-order valence-corrected chi connectivity index (χ1v) is 6.45. The van der Waals surface area contributed by atoms with Crippen LogP contribution < -0.4 is 5.56 Å². The van der Waals surface area contributed by atoms with Gasteiger partial charge in [-0.15, -0.1) is 0 Å². The molecule has 1 aromatic carbocycles. The van der Waals surface area contributed by atoms with E-state index in [4.69, 9.17) is 0 Å². The number of para-hydroxylation sites is 2. The summed E-state index contributed by atoms with van der Waals surface area (Å²) in [5, 5.41) is 0.977. The molecule has 0 unspecified atom stereocenters. The van der Waals surface area contributed by atoms with Crippen molar-refractivity contribution in [2.45, 2.75) is 19.4 Å². The van der Waals surface area contributed by atoms with Gasteiger partial charge in [-0.1, -0.05) is 28.1 Å². The third-order valence-electron chi connectivity index (χ3n) is 2.52. The number of unbranched alkanes of at least 4 members (excludes halogenated alkanes) is 1. The predicted octanol–water partition coefficient (Wildman–Crippen LogP) is 2.57. The predicted molar refractivity (Wildman–Crippen MR) is 69.0 cm³/mol. The molecular formula is C12H13BrN2O. The number of halogens is 1. The Labute approximate surface area is 102 Å². The van der Waals surface area contributed by atoms with E-state index in [9.17, 15) is 4.79 Å². The molecule has 16 heavy (non-hydrogen) atoms. The highest BCUT2D eigenvalue weighted by Crippen LogP contribution is 2.09. The van der Waals surface area contributed by atoms with Gasteiger partial charge in [0.15, 0.2) is 0 Å². The summed E-state index contributed by atoms with van der Waals surface area (Å²) in [6.07, 6.45) is 3.47. The average Bonchev–Trinajstić information content (AvgIpc) is 2.32. The molecule has 0 fully saturated rings. The van der Waals surface area contributed by atoms with Crippen LogP contribution in [0.2, 0.25) is 0 Å². The molecule has 1 aromatic heterocycles. The lowest BCUT2D eigenvalue weighted by atomic mass is 10.2. The fourth-order valence-corrected chi connectivity index (χ4v) is 2.11. The number of rotatable bonds is 4. The molecular weight excluding hydrogens is 268 g/mol. The first-order chi connectivity index (χ1) is 7.83. The number of aromatic nitrogens is 2. The van der Waals surface area contributed by atoms with Crippen molar-refractivity contribution < 1.29 is 0 Å². The molecule has 0 bridgehead atoms. The smallest absolute Gasteiger partial charge is 0.269 e. The summed E-state index contributed by atoms with van der Waals surface area (Å²) < 4.78 is 1.80. The Morgan fingerprint density at radius 2 is 2.06 bits per heavy atom. The zero-order chi connectivity index (χ0) is 11.4. The lowest BCUT2D eigenvalue weighted by molar-refractivity contribution is 0.633. The minimum absolute atomic E-state index is 0.0201. The van der Waals surface area contributed by atoms with E-state index in [2.05, 4.69) is 20.9 Å². The van der Waals surface area contributed by atoms with E-state index in [0.717, 1.165) is 35.7 Å². The van der Waals surface area contributed by atoms with Crippen LogP contribution in [0.4, 0.5) is 0 Å². The minimum atomic E-state index is -0.0201. The average molecular weight is 281 g/mol. The molecule has 0 spiro atoms. The van der Waals surface area contributed by atoms with Crippen LogP contribution in [-0.4, -0.2) is 14.9 Å². The van der Waals surface area contributed by atoms with Gasteiger partial charge in [0, 0.05) is 11.9 Å². The Bertz CT molecular complexity index is 536. The molecule has 0 atom stereocenters. The topological polar surface area (TPSA) is 34.9 Å². The molecule has 0 amide bonds. The maximum absolute atomic E-state index is 11.7. The van der Waals surface area contributed by atoms with Crippen LogP contribution in [-0.2, 0) is 6.54 Å². The Balaban J connectivity index is 2.41. The van der Waals surface area contributed by atoms with E-state index in [1.54, 1.807) is 4.57 Å². The number of nitrogens with zero attached hydrogens (tertiary/aromatic N) is 2. The van der Waals surface area contributed by atoms with Gasteiger partial charge in [-0.2, -0.15) is 0 Å². The van der Waals surface area contributed by atoms with Crippen LogP contribution in [0.3, 0.4) is 0 Å². The van der Waals surface area contributed by atoms with Crippen molar-refractivity contribution in [1.82, 2.24) is 9.55 Å². The van der Waals surface area contributed by atoms with E-state index in [1.807, 2.05) is 24.3 Å². The summed E-state index contributed by atoms with van der Waals surface area (Å²) >= 11 is 3.39. The summed E-state index contributed by atoms with van der Waals surface area (Å²) in [6, 6.07) is 7.74. The van der Waals surface area contributed by atoms with Crippen molar-refractivity contribution in [2.75, 3.05) is 5.33 Å². The molecule has 3 nitrogen and oxygen atoms in total. The Morgan fingerprint density at radius 3 is 2.88 bits per heavy atom. The Morgan fingerprint density at radius 1 is 1.25 bits per heavy atom. The minimum Gasteiger partial charge on any atom is -0.305 e. The van der Waals surface area contributed by atoms with Gasteiger partial charge in [-0.25, -0.2) is 4.98 Å². The molecule has 1 heterocycles. The van der Waals surface area contributed by atoms with E-state index in [-0.39, 0.29) is 5.56 Å². The molecule has 0 saturated heterocycles. The highest BCUT2D eigenvalue weighted by Gasteiger charge is 2.02. The van der Waals surface area contributed by atoms with Gasteiger partial charge in [-0.3, -0.25) is 4.79 Å². The molecule has 2 aromatic rings. The third-order valence-corrected chi connectivity index (χ3v) is 3.08. The number of fused-ring (bicyclic) bond motifs is 1. The molecule has 4 heteroatoms. The molecule has 2 rings (SSSR count). The largest absolute Gasteiger partial charge is 0.305 e. The summed E-state index contributed by atoms with van der Waals surface area (Å²) in [7, 11) is 0. The first-order valence-electron chi connectivity index (χ1n) is 5.33. The highest BCUT2D eigenvalue weighted by molar-refractivity contribution is 9.09. The van der Waals surface area contributed by atoms with Gasteiger partial charge in [0.1, 0.15) is 0 Å². The van der Waals surface area contributed by atoms with E-state index in [0.29, 0.717) is 0 Å². The zero-order valence-electron chi connectivity index (χ0n) is 8.90. The van der Waals surface area contributed by atoms with Crippen LogP contribution in [0.25, 0.3) is 11.0 Å². The molecule has 0 N–H and O–H groups in total. The summed E-state index contributed by atoms with van der Waals surface area (Å²) in [5.41, 5.74) is 1.78. The molecule has 84 valence electrons. The summed E-state index contributed by atoms with van der Waals surface area (Å²) in [5.74, 6) is 0. The Hall–Kier alpha value is -1.16. The van der Waals surface area contributed by atoms with Crippen LogP contribution in [0.15, 0.2) is 35.3 Å². The number of alkyl halides is 1. The summed E-state index contributed by atoms with van der Waals surface area (Å²) in [6.45, 7) is 0.757. The molecule has 0 saturated carbocycles. The Kier molecular flexibility index (Phi) is 3.72. The second kappa shape index (κ2) is 5.25. The van der Waals surface area contributed by atoms with E-state index < -0.39 is 0 Å². The standard InChI is InChI=1S/C12H13BrN2O/c13-7-3-4-8-15-11-6-2-1-5-10(11)14-9-12(15)16/h1-2,5-6,9H,3-4,7-8H2. The van der Waals surface area contributed by atoms with Gasteiger partial charge in [0.25, 0.3) is 5.56 Å². The van der Waals surface area contributed by atoms with Gasteiger partial charge in [0.2, 0.25) is 0 Å². The van der Waals surface area contributed by atoms with Crippen LogP contribution >= 0.6 is 15.9 Å². The van der Waals surface area contributed by atoms with Gasteiger partial charge < -0.3 is 4.57 Å². The number of aryl methyl sites for hydroxylation is 1. The van der Waals surface area contributed by atoms with Gasteiger partial charge >= 0.3 is 0 Å². The number of hydrogen-bond acceptors (Lipinski definition) is 2. The monoisotopic (exact) mass is 280 g/mol. The van der Waals surface area contributed by atoms with Crippen molar-refractivity contribution in [3.05, 3.63) is 40.8 Å². The number of benzene rings is 1. The van der Waals surface area contributed by atoms with Crippen LogP contribution in [0, 0.1) is 0 Å². The summed E-state index contributed by atoms with van der Waals surface area (Å²) in [4.78, 5) is 15.8.